The van der Waals surface area contributed by atoms with Crippen LogP contribution in [0.25, 0.3) is 0 Å². The number of nitrogens with zero attached hydrogens (tertiary/aromatic N) is 3. The quantitative estimate of drug-likeness (QED) is 0.553. The van der Waals surface area contributed by atoms with Crippen LogP contribution in [0.3, 0.4) is 0 Å². The summed E-state index contributed by atoms with van der Waals surface area (Å²) in [7, 11) is 0. The standard InChI is InChI=1S/C16H21N3O2/c1-3-13-6-8-14(9-7-13)21-11-5-10-19-16(4-2)15(12-20)17-18-19/h6-9,12H,3-5,10-11H2,1-2H3. The highest BCUT2D eigenvalue weighted by atomic mass is 16.5. The van der Waals surface area contributed by atoms with Crippen molar-refractivity contribution in [3.8, 4) is 5.75 Å². The van der Waals surface area contributed by atoms with Gasteiger partial charge in [0.05, 0.1) is 12.3 Å². The van der Waals surface area contributed by atoms with Gasteiger partial charge < -0.3 is 4.74 Å². The Bertz CT molecular complexity index is 576. The van der Waals surface area contributed by atoms with Gasteiger partial charge in [0.15, 0.2) is 6.29 Å². The predicted octanol–water partition coefficient (Wildman–Crippen LogP) is 2.68. The Morgan fingerprint density at radius 2 is 1.95 bits per heavy atom. The average Bonchev–Trinajstić information content (AvgIpc) is 2.94. The second-order valence-electron chi connectivity index (χ2n) is 4.82. The first-order valence-corrected chi connectivity index (χ1v) is 7.37. The Morgan fingerprint density at radius 1 is 1.19 bits per heavy atom. The first-order valence-electron chi connectivity index (χ1n) is 7.37. The molecule has 0 bridgehead atoms. The molecule has 0 saturated carbocycles. The number of aryl methyl sites for hydroxylation is 2. The fourth-order valence-electron chi connectivity index (χ4n) is 2.21. The third-order valence-corrected chi connectivity index (χ3v) is 3.43. The van der Waals surface area contributed by atoms with Crippen LogP contribution in [-0.4, -0.2) is 27.9 Å². The van der Waals surface area contributed by atoms with Crippen LogP contribution in [0.1, 0.15) is 42.0 Å². The number of benzene rings is 1. The Kier molecular flexibility index (Phi) is 5.49. The summed E-state index contributed by atoms with van der Waals surface area (Å²) in [5.41, 5.74) is 2.63. The molecule has 0 aliphatic rings. The van der Waals surface area contributed by atoms with E-state index in [2.05, 4.69) is 29.4 Å². The molecule has 2 aromatic rings. The number of ether oxygens (including phenoxy) is 1. The van der Waals surface area contributed by atoms with Crippen molar-refractivity contribution in [2.75, 3.05) is 6.61 Å². The summed E-state index contributed by atoms with van der Waals surface area (Å²) in [5.74, 6) is 0.884. The maximum Gasteiger partial charge on any atom is 0.172 e. The van der Waals surface area contributed by atoms with Gasteiger partial charge in [-0.1, -0.05) is 31.2 Å². The van der Waals surface area contributed by atoms with Gasteiger partial charge in [0, 0.05) is 13.0 Å². The van der Waals surface area contributed by atoms with E-state index in [4.69, 9.17) is 4.74 Å². The molecule has 2 rings (SSSR count). The van der Waals surface area contributed by atoms with Crippen LogP contribution < -0.4 is 4.74 Å². The Balaban J connectivity index is 1.81. The molecule has 0 fully saturated rings. The normalized spacial score (nSPS) is 10.6. The van der Waals surface area contributed by atoms with Crippen LogP contribution in [0.2, 0.25) is 0 Å². The fourth-order valence-corrected chi connectivity index (χ4v) is 2.21. The lowest BCUT2D eigenvalue weighted by Crippen LogP contribution is -2.09. The van der Waals surface area contributed by atoms with Crippen LogP contribution in [0, 0.1) is 0 Å². The minimum Gasteiger partial charge on any atom is -0.494 e. The maximum absolute atomic E-state index is 10.8. The van der Waals surface area contributed by atoms with Gasteiger partial charge in [-0.05, 0) is 30.5 Å². The molecule has 0 aliphatic heterocycles. The summed E-state index contributed by atoms with van der Waals surface area (Å²) < 4.78 is 7.49. The number of aromatic nitrogens is 3. The van der Waals surface area contributed by atoms with Gasteiger partial charge in [-0.2, -0.15) is 0 Å². The van der Waals surface area contributed by atoms with E-state index in [1.165, 1.54) is 5.56 Å². The van der Waals surface area contributed by atoms with Crippen molar-refractivity contribution >= 4 is 6.29 Å². The first-order chi connectivity index (χ1) is 10.3. The van der Waals surface area contributed by atoms with Gasteiger partial charge in [-0.25, -0.2) is 4.68 Å². The Labute approximate surface area is 124 Å². The third-order valence-electron chi connectivity index (χ3n) is 3.43. The zero-order valence-electron chi connectivity index (χ0n) is 12.6. The first kappa shape index (κ1) is 15.2. The van der Waals surface area contributed by atoms with E-state index < -0.39 is 0 Å². The minimum atomic E-state index is 0.438. The molecule has 1 aromatic heterocycles. The molecule has 0 radical (unpaired) electrons. The molecule has 5 nitrogen and oxygen atoms in total. The lowest BCUT2D eigenvalue weighted by molar-refractivity contribution is 0.111. The fraction of sp³-hybridized carbons (Fsp3) is 0.438. The Morgan fingerprint density at radius 3 is 2.57 bits per heavy atom. The zero-order valence-corrected chi connectivity index (χ0v) is 12.6. The number of aldehydes is 1. The van der Waals surface area contributed by atoms with Crippen LogP contribution >= 0.6 is 0 Å². The molecule has 0 amide bonds. The predicted molar refractivity (Wildman–Crippen MR) is 80.7 cm³/mol. The lowest BCUT2D eigenvalue weighted by Gasteiger charge is -2.08. The van der Waals surface area contributed by atoms with Crippen molar-refractivity contribution in [3.05, 3.63) is 41.2 Å². The topological polar surface area (TPSA) is 57.0 Å². The molecule has 0 atom stereocenters. The van der Waals surface area contributed by atoms with E-state index in [-0.39, 0.29) is 0 Å². The monoisotopic (exact) mass is 287 g/mol. The van der Waals surface area contributed by atoms with Crippen LogP contribution in [-0.2, 0) is 19.4 Å². The summed E-state index contributed by atoms with van der Waals surface area (Å²) in [4.78, 5) is 10.8. The summed E-state index contributed by atoms with van der Waals surface area (Å²) >= 11 is 0. The van der Waals surface area contributed by atoms with E-state index in [0.717, 1.165) is 37.0 Å². The average molecular weight is 287 g/mol. The number of rotatable bonds is 8. The van der Waals surface area contributed by atoms with E-state index in [1.807, 2.05) is 19.1 Å². The lowest BCUT2D eigenvalue weighted by atomic mass is 10.2. The molecule has 112 valence electrons. The van der Waals surface area contributed by atoms with E-state index in [9.17, 15) is 4.79 Å². The molecule has 21 heavy (non-hydrogen) atoms. The molecular formula is C16H21N3O2. The summed E-state index contributed by atoms with van der Waals surface area (Å²) in [6, 6.07) is 8.16. The van der Waals surface area contributed by atoms with Crippen LogP contribution in [0.4, 0.5) is 0 Å². The van der Waals surface area contributed by atoms with E-state index >= 15 is 0 Å². The van der Waals surface area contributed by atoms with Crippen LogP contribution in [0.5, 0.6) is 5.75 Å². The number of hydrogen-bond donors (Lipinski definition) is 0. The molecular weight excluding hydrogens is 266 g/mol. The largest absolute Gasteiger partial charge is 0.494 e. The molecule has 0 spiro atoms. The van der Waals surface area contributed by atoms with Gasteiger partial charge in [-0.15, -0.1) is 5.10 Å². The molecule has 0 unspecified atom stereocenters. The second kappa shape index (κ2) is 7.57. The van der Waals surface area contributed by atoms with E-state index in [0.29, 0.717) is 18.8 Å². The van der Waals surface area contributed by atoms with Gasteiger partial charge in [0.2, 0.25) is 0 Å². The molecule has 0 N–H and O–H groups in total. The van der Waals surface area contributed by atoms with Gasteiger partial charge >= 0.3 is 0 Å². The summed E-state index contributed by atoms with van der Waals surface area (Å²) in [5, 5.41) is 7.87. The van der Waals surface area contributed by atoms with Crippen molar-refractivity contribution in [3.63, 3.8) is 0 Å². The number of hydrogen-bond acceptors (Lipinski definition) is 4. The molecule has 1 aromatic carbocycles. The van der Waals surface area contributed by atoms with E-state index in [1.54, 1.807) is 4.68 Å². The van der Waals surface area contributed by atoms with Crippen molar-refractivity contribution in [2.24, 2.45) is 0 Å². The third kappa shape index (κ3) is 3.90. The number of carbonyl (C=O) groups excluding carboxylic acids is 1. The van der Waals surface area contributed by atoms with Gasteiger partial charge in [0.1, 0.15) is 11.4 Å². The van der Waals surface area contributed by atoms with Crippen LogP contribution in [0.15, 0.2) is 24.3 Å². The zero-order chi connectivity index (χ0) is 15.1. The van der Waals surface area contributed by atoms with Gasteiger partial charge in [-0.3, -0.25) is 4.79 Å². The highest BCUT2D eigenvalue weighted by molar-refractivity contribution is 5.73. The molecule has 0 aliphatic carbocycles. The second-order valence-corrected chi connectivity index (χ2v) is 4.82. The number of carbonyl (C=O) groups is 1. The molecule has 0 saturated heterocycles. The van der Waals surface area contributed by atoms with Crippen molar-refractivity contribution < 1.29 is 9.53 Å². The molecule has 5 heteroatoms. The highest BCUT2D eigenvalue weighted by Crippen LogP contribution is 2.13. The maximum atomic E-state index is 10.8. The van der Waals surface area contributed by atoms with Crippen molar-refractivity contribution in [1.29, 1.82) is 0 Å². The smallest absolute Gasteiger partial charge is 0.172 e. The highest BCUT2D eigenvalue weighted by Gasteiger charge is 2.09. The van der Waals surface area contributed by atoms with Crippen molar-refractivity contribution in [2.45, 2.75) is 39.7 Å². The molecule has 1 heterocycles. The summed E-state index contributed by atoms with van der Waals surface area (Å²) in [6.45, 7) is 5.45. The Hall–Kier alpha value is -2.17. The summed E-state index contributed by atoms with van der Waals surface area (Å²) in [6.07, 6.45) is 3.37. The minimum absolute atomic E-state index is 0.438. The van der Waals surface area contributed by atoms with Gasteiger partial charge in [0.25, 0.3) is 0 Å². The SMILES string of the molecule is CCc1ccc(OCCCn2nnc(C=O)c2CC)cc1. The van der Waals surface area contributed by atoms with Crippen molar-refractivity contribution in [1.82, 2.24) is 15.0 Å².